The molecule has 1 aliphatic carbocycles. The van der Waals surface area contributed by atoms with Crippen LogP contribution in [0.2, 0.25) is 0 Å². The summed E-state index contributed by atoms with van der Waals surface area (Å²) in [5, 5.41) is 9.18. The third kappa shape index (κ3) is 1.05. The Bertz CT molecular complexity index is 272. The molecule has 2 heteroatoms. The average Bonchev–Trinajstić information content (AvgIpc) is 2.30. The highest BCUT2D eigenvalue weighted by Gasteiger charge is 2.28. The first-order chi connectivity index (χ1) is 5.29. The standard InChI is InChI=1S/C9H9ClO/c10-9-7-4-2-1-3-6(7)5-8(9)11/h1-4,8-9,11H,5H2. The van der Waals surface area contributed by atoms with E-state index in [0.29, 0.717) is 6.42 Å². The Hall–Kier alpha value is -0.530. The average molecular weight is 169 g/mol. The maximum absolute atomic E-state index is 9.39. The van der Waals surface area contributed by atoms with E-state index < -0.39 is 6.10 Å². The van der Waals surface area contributed by atoms with Crippen molar-refractivity contribution >= 4 is 11.6 Å². The Kier molecular flexibility index (Phi) is 1.63. The maximum Gasteiger partial charge on any atom is 0.0850 e. The van der Waals surface area contributed by atoms with Gasteiger partial charge in [0.05, 0.1) is 11.5 Å². The van der Waals surface area contributed by atoms with Crippen molar-refractivity contribution in [2.24, 2.45) is 0 Å². The quantitative estimate of drug-likeness (QED) is 0.587. The molecule has 1 aromatic carbocycles. The molecule has 1 aromatic rings. The van der Waals surface area contributed by atoms with Crippen LogP contribution in [-0.2, 0) is 6.42 Å². The van der Waals surface area contributed by atoms with E-state index in [9.17, 15) is 5.11 Å². The number of halogens is 1. The largest absolute Gasteiger partial charge is 0.391 e. The van der Waals surface area contributed by atoms with E-state index in [1.165, 1.54) is 5.56 Å². The van der Waals surface area contributed by atoms with Gasteiger partial charge in [0.25, 0.3) is 0 Å². The van der Waals surface area contributed by atoms with Gasteiger partial charge in [-0.25, -0.2) is 0 Å². The summed E-state index contributed by atoms with van der Waals surface area (Å²) >= 11 is 5.94. The van der Waals surface area contributed by atoms with Crippen molar-refractivity contribution in [2.75, 3.05) is 0 Å². The molecule has 58 valence electrons. The molecule has 0 spiro atoms. The van der Waals surface area contributed by atoms with Crippen LogP contribution in [-0.4, -0.2) is 11.2 Å². The van der Waals surface area contributed by atoms with Crippen molar-refractivity contribution in [1.29, 1.82) is 0 Å². The predicted octanol–water partition coefficient (Wildman–Crippen LogP) is 1.88. The van der Waals surface area contributed by atoms with Crippen LogP contribution < -0.4 is 0 Å². The number of hydrogen-bond donors (Lipinski definition) is 1. The van der Waals surface area contributed by atoms with Crippen molar-refractivity contribution in [3.63, 3.8) is 0 Å². The fourth-order valence-corrected chi connectivity index (χ4v) is 1.83. The minimum Gasteiger partial charge on any atom is -0.391 e. The van der Waals surface area contributed by atoms with E-state index in [4.69, 9.17) is 11.6 Å². The molecular formula is C9H9ClO. The summed E-state index contributed by atoms with van der Waals surface area (Å²) in [5.41, 5.74) is 2.27. The van der Waals surface area contributed by atoms with Crippen LogP contribution in [0.1, 0.15) is 16.5 Å². The first-order valence-corrected chi connectivity index (χ1v) is 4.12. The van der Waals surface area contributed by atoms with Crippen molar-refractivity contribution in [1.82, 2.24) is 0 Å². The summed E-state index contributed by atoms with van der Waals surface area (Å²) in [4.78, 5) is 0. The highest BCUT2D eigenvalue weighted by atomic mass is 35.5. The number of benzene rings is 1. The minimum absolute atomic E-state index is 0.203. The van der Waals surface area contributed by atoms with Crippen LogP contribution in [0.5, 0.6) is 0 Å². The topological polar surface area (TPSA) is 20.2 Å². The lowest BCUT2D eigenvalue weighted by Crippen LogP contribution is -2.07. The lowest BCUT2D eigenvalue weighted by Gasteiger charge is -2.04. The molecular weight excluding hydrogens is 160 g/mol. The van der Waals surface area contributed by atoms with Crippen LogP contribution >= 0.6 is 11.6 Å². The molecule has 2 unspecified atom stereocenters. The molecule has 0 saturated heterocycles. The van der Waals surface area contributed by atoms with E-state index in [-0.39, 0.29) is 5.38 Å². The highest BCUT2D eigenvalue weighted by molar-refractivity contribution is 6.21. The number of fused-ring (bicyclic) bond motifs is 1. The Morgan fingerprint density at radius 3 is 2.82 bits per heavy atom. The summed E-state index contributed by atoms with van der Waals surface area (Å²) in [6.45, 7) is 0. The second-order valence-electron chi connectivity index (χ2n) is 2.87. The SMILES string of the molecule is OC1Cc2ccccc2C1Cl. The summed E-state index contributed by atoms with van der Waals surface area (Å²) in [7, 11) is 0. The molecule has 0 aliphatic heterocycles. The zero-order chi connectivity index (χ0) is 7.84. The molecule has 0 aromatic heterocycles. The van der Waals surface area contributed by atoms with Gasteiger partial charge in [-0.3, -0.25) is 0 Å². The molecule has 0 bridgehead atoms. The molecule has 0 fully saturated rings. The fourth-order valence-electron chi connectivity index (χ4n) is 1.53. The molecule has 0 radical (unpaired) electrons. The van der Waals surface area contributed by atoms with Gasteiger partial charge in [0.15, 0.2) is 0 Å². The molecule has 2 rings (SSSR count). The minimum atomic E-state index is -0.394. The number of hydrogen-bond acceptors (Lipinski definition) is 1. The van der Waals surface area contributed by atoms with Crippen molar-refractivity contribution < 1.29 is 5.11 Å². The van der Waals surface area contributed by atoms with E-state index in [1.54, 1.807) is 0 Å². The molecule has 0 heterocycles. The maximum atomic E-state index is 9.39. The molecule has 1 N–H and O–H groups in total. The van der Waals surface area contributed by atoms with Gasteiger partial charge >= 0.3 is 0 Å². The van der Waals surface area contributed by atoms with Gasteiger partial charge in [0, 0.05) is 6.42 Å². The molecule has 0 amide bonds. The first kappa shape index (κ1) is 7.14. The van der Waals surface area contributed by atoms with E-state index in [0.717, 1.165) is 5.56 Å². The van der Waals surface area contributed by atoms with Gasteiger partial charge in [-0.15, -0.1) is 11.6 Å². The zero-order valence-electron chi connectivity index (χ0n) is 6.00. The van der Waals surface area contributed by atoms with Gasteiger partial charge in [-0.1, -0.05) is 24.3 Å². The van der Waals surface area contributed by atoms with Crippen LogP contribution in [0.15, 0.2) is 24.3 Å². The number of aliphatic hydroxyl groups is 1. The van der Waals surface area contributed by atoms with E-state index in [1.807, 2.05) is 24.3 Å². The van der Waals surface area contributed by atoms with Crippen molar-refractivity contribution in [2.45, 2.75) is 17.9 Å². The number of aliphatic hydroxyl groups excluding tert-OH is 1. The summed E-state index contributed by atoms with van der Waals surface area (Å²) < 4.78 is 0. The lowest BCUT2D eigenvalue weighted by molar-refractivity contribution is 0.182. The lowest BCUT2D eigenvalue weighted by atomic mass is 10.1. The van der Waals surface area contributed by atoms with Crippen LogP contribution in [0.4, 0.5) is 0 Å². The van der Waals surface area contributed by atoms with E-state index >= 15 is 0 Å². The van der Waals surface area contributed by atoms with Gasteiger partial charge in [0.2, 0.25) is 0 Å². The summed E-state index contributed by atoms with van der Waals surface area (Å²) in [5.74, 6) is 0. The molecule has 2 atom stereocenters. The zero-order valence-corrected chi connectivity index (χ0v) is 6.75. The predicted molar refractivity (Wildman–Crippen MR) is 44.7 cm³/mol. The monoisotopic (exact) mass is 168 g/mol. The van der Waals surface area contributed by atoms with E-state index in [2.05, 4.69) is 0 Å². The third-order valence-corrected chi connectivity index (χ3v) is 2.65. The third-order valence-electron chi connectivity index (χ3n) is 2.12. The fraction of sp³-hybridized carbons (Fsp3) is 0.333. The second-order valence-corrected chi connectivity index (χ2v) is 3.34. The normalized spacial score (nSPS) is 28.5. The number of rotatable bonds is 0. The molecule has 1 nitrogen and oxygen atoms in total. The van der Waals surface area contributed by atoms with Gasteiger partial charge in [0.1, 0.15) is 0 Å². The summed E-state index contributed by atoms with van der Waals surface area (Å²) in [6.07, 6.45) is 0.304. The van der Waals surface area contributed by atoms with Gasteiger partial charge < -0.3 is 5.11 Å². The Balaban J connectivity index is 2.47. The van der Waals surface area contributed by atoms with Crippen LogP contribution in [0, 0.1) is 0 Å². The first-order valence-electron chi connectivity index (χ1n) is 3.69. The number of alkyl halides is 1. The van der Waals surface area contributed by atoms with Gasteiger partial charge in [-0.2, -0.15) is 0 Å². The van der Waals surface area contributed by atoms with Crippen molar-refractivity contribution in [3.8, 4) is 0 Å². The van der Waals surface area contributed by atoms with Crippen LogP contribution in [0.3, 0.4) is 0 Å². The molecule has 11 heavy (non-hydrogen) atoms. The second kappa shape index (κ2) is 2.50. The van der Waals surface area contributed by atoms with Gasteiger partial charge in [-0.05, 0) is 11.1 Å². The Morgan fingerprint density at radius 2 is 2.09 bits per heavy atom. The Morgan fingerprint density at radius 1 is 1.36 bits per heavy atom. The van der Waals surface area contributed by atoms with Crippen LogP contribution in [0.25, 0.3) is 0 Å². The Labute approximate surface area is 70.6 Å². The van der Waals surface area contributed by atoms with Crippen molar-refractivity contribution in [3.05, 3.63) is 35.4 Å². The molecule has 1 aliphatic rings. The highest BCUT2D eigenvalue weighted by Crippen LogP contribution is 2.35. The molecule has 0 saturated carbocycles. The summed E-state index contributed by atoms with van der Waals surface area (Å²) in [6, 6.07) is 7.91. The smallest absolute Gasteiger partial charge is 0.0850 e.